The first kappa shape index (κ1) is 13.8. The minimum Gasteiger partial charge on any atom is -0.463 e. The summed E-state index contributed by atoms with van der Waals surface area (Å²) in [6.45, 7) is 4.56. The van der Waals surface area contributed by atoms with Crippen LogP contribution < -0.4 is 4.74 Å². The van der Waals surface area contributed by atoms with Gasteiger partial charge in [0.15, 0.2) is 5.76 Å². The lowest BCUT2D eigenvalue weighted by atomic mass is 10.2. The summed E-state index contributed by atoms with van der Waals surface area (Å²) in [5.74, 6) is 0.913. The van der Waals surface area contributed by atoms with Crippen LogP contribution in [0.1, 0.15) is 18.9 Å². The van der Waals surface area contributed by atoms with Gasteiger partial charge in [-0.05, 0) is 43.1 Å². The highest BCUT2D eigenvalue weighted by atomic mass is 35.5. The van der Waals surface area contributed by atoms with Gasteiger partial charge in [-0.25, -0.2) is 0 Å². The van der Waals surface area contributed by atoms with Crippen molar-refractivity contribution in [3.8, 4) is 17.6 Å². The molecule has 108 valence electrons. The topological polar surface area (TPSA) is 61.0 Å². The van der Waals surface area contributed by atoms with Crippen LogP contribution in [-0.4, -0.2) is 21.6 Å². The lowest BCUT2D eigenvalue weighted by Gasteiger charge is -2.03. The van der Waals surface area contributed by atoms with Crippen molar-refractivity contribution in [1.29, 1.82) is 0 Å². The summed E-state index contributed by atoms with van der Waals surface area (Å²) in [5.41, 5.74) is 1.94. The predicted octanol–water partition coefficient (Wildman–Crippen LogP) is 4.04. The van der Waals surface area contributed by atoms with E-state index in [-0.39, 0.29) is 11.3 Å². The van der Waals surface area contributed by atoms with E-state index in [0.717, 1.165) is 23.0 Å². The van der Waals surface area contributed by atoms with Crippen molar-refractivity contribution in [2.45, 2.75) is 20.3 Å². The van der Waals surface area contributed by atoms with E-state index in [2.05, 4.69) is 15.0 Å². The number of halogens is 1. The van der Waals surface area contributed by atoms with Gasteiger partial charge >= 0.3 is 6.01 Å². The first-order chi connectivity index (χ1) is 10.2. The molecule has 2 aromatic heterocycles. The molecule has 21 heavy (non-hydrogen) atoms. The lowest BCUT2D eigenvalue weighted by molar-refractivity contribution is 0.291. The standard InChI is InChI=1S/C15H14ClN3O2/c1-3-6-20-15-18-13(17-14(16)19-15)12-8-10-7-9(2)4-5-11(10)21-12/h4-5,7-8H,3,6H2,1-2H3. The largest absolute Gasteiger partial charge is 0.463 e. The van der Waals surface area contributed by atoms with Gasteiger partial charge in [-0.2, -0.15) is 15.0 Å². The molecule has 3 rings (SSSR count). The van der Waals surface area contributed by atoms with Gasteiger partial charge in [0, 0.05) is 5.39 Å². The van der Waals surface area contributed by atoms with Crippen molar-refractivity contribution in [2.75, 3.05) is 6.61 Å². The van der Waals surface area contributed by atoms with Crippen LogP contribution in [0.25, 0.3) is 22.6 Å². The summed E-state index contributed by atoms with van der Waals surface area (Å²) in [6.07, 6.45) is 0.864. The van der Waals surface area contributed by atoms with E-state index >= 15 is 0 Å². The van der Waals surface area contributed by atoms with Gasteiger partial charge in [0.1, 0.15) is 5.58 Å². The molecule has 1 aromatic carbocycles. The smallest absolute Gasteiger partial charge is 0.321 e. The summed E-state index contributed by atoms with van der Waals surface area (Å²) in [6, 6.07) is 8.05. The summed E-state index contributed by atoms with van der Waals surface area (Å²) in [7, 11) is 0. The van der Waals surface area contributed by atoms with Crippen LogP contribution in [0.2, 0.25) is 5.28 Å². The molecule has 6 heteroatoms. The molecular formula is C15H14ClN3O2. The monoisotopic (exact) mass is 303 g/mol. The summed E-state index contributed by atoms with van der Waals surface area (Å²) in [5, 5.41) is 1.08. The second kappa shape index (κ2) is 5.69. The Morgan fingerprint density at radius 3 is 2.86 bits per heavy atom. The maximum absolute atomic E-state index is 5.92. The normalized spacial score (nSPS) is 11.0. The molecular weight excluding hydrogens is 290 g/mol. The zero-order valence-electron chi connectivity index (χ0n) is 11.8. The molecule has 0 radical (unpaired) electrons. The molecule has 2 heterocycles. The van der Waals surface area contributed by atoms with Gasteiger partial charge in [0.05, 0.1) is 6.61 Å². The Labute approximate surface area is 127 Å². The maximum Gasteiger partial charge on any atom is 0.321 e. The van der Waals surface area contributed by atoms with Crippen LogP contribution in [0.15, 0.2) is 28.7 Å². The van der Waals surface area contributed by atoms with Crippen molar-refractivity contribution in [3.05, 3.63) is 35.1 Å². The molecule has 0 amide bonds. The van der Waals surface area contributed by atoms with E-state index in [1.165, 1.54) is 0 Å². The van der Waals surface area contributed by atoms with Crippen LogP contribution in [0.5, 0.6) is 6.01 Å². The van der Waals surface area contributed by atoms with E-state index in [4.69, 9.17) is 20.8 Å². The fourth-order valence-corrected chi connectivity index (χ4v) is 2.13. The SMILES string of the molecule is CCCOc1nc(Cl)nc(-c2cc3cc(C)ccc3o2)n1. The molecule has 0 spiro atoms. The molecule has 0 atom stereocenters. The third-order valence-electron chi connectivity index (χ3n) is 2.92. The zero-order chi connectivity index (χ0) is 14.8. The zero-order valence-corrected chi connectivity index (χ0v) is 12.5. The molecule has 0 aliphatic rings. The van der Waals surface area contributed by atoms with Gasteiger partial charge in [-0.15, -0.1) is 0 Å². The van der Waals surface area contributed by atoms with Crippen LogP contribution in [0.3, 0.4) is 0 Å². The van der Waals surface area contributed by atoms with E-state index < -0.39 is 0 Å². The number of furan rings is 1. The first-order valence-corrected chi connectivity index (χ1v) is 7.08. The molecule has 5 nitrogen and oxygen atoms in total. The van der Waals surface area contributed by atoms with Crippen molar-refractivity contribution >= 4 is 22.6 Å². The number of ether oxygens (including phenoxy) is 1. The maximum atomic E-state index is 5.92. The number of nitrogens with zero attached hydrogens (tertiary/aromatic N) is 3. The fourth-order valence-electron chi connectivity index (χ4n) is 1.97. The van der Waals surface area contributed by atoms with Crippen molar-refractivity contribution in [2.24, 2.45) is 0 Å². The van der Waals surface area contributed by atoms with Gasteiger partial charge in [-0.1, -0.05) is 18.6 Å². The molecule has 0 saturated carbocycles. The highest BCUT2D eigenvalue weighted by molar-refractivity contribution is 6.28. The highest BCUT2D eigenvalue weighted by Gasteiger charge is 2.13. The fraction of sp³-hybridized carbons (Fsp3) is 0.267. The molecule has 0 aliphatic heterocycles. The molecule has 0 saturated heterocycles. The quantitative estimate of drug-likeness (QED) is 0.728. The molecule has 0 N–H and O–H groups in total. The molecule has 0 bridgehead atoms. The molecule has 3 aromatic rings. The average molecular weight is 304 g/mol. The van der Waals surface area contributed by atoms with Gasteiger partial charge in [-0.3, -0.25) is 0 Å². The average Bonchev–Trinajstić information content (AvgIpc) is 2.87. The minimum atomic E-state index is 0.0859. The Bertz CT molecular complexity index is 786. The number of hydrogen-bond acceptors (Lipinski definition) is 5. The number of aromatic nitrogens is 3. The summed E-state index contributed by atoms with van der Waals surface area (Å²) >= 11 is 5.92. The Balaban J connectivity index is 2.02. The highest BCUT2D eigenvalue weighted by Crippen LogP contribution is 2.27. The Hall–Kier alpha value is -2.14. The molecule has 0 aliphatic carbocycles. The second-order valence-electron chi connectivity index (χ2n) is 4.71. The van der Waals surface area contributed by atoms with E-state index in [9.17, 15) is 0 Å². The summed E-state index contributed by atoms with van der Waals surface area (Å²) < 4.78 is 11.2. The Morgan fingerprint density at radius 2 is 2.05 bits per heavy atom. The minimum absolute atomic E-state index is 0.0859. The Morgan fingerprint density at radius 1 is 1.19 bits per heavy atom. The Kier molecular flexibility index (Phi) is 3.75. The number of hydrogen-bond donors (Lipinski definition) is 0. The third-order valence-corrected chi connectivity index (χ3v) is 3.08. The van der Waals surface area contributed by atoms with Gasteiger partial charge in [0.25, 0.3) is 0 Å². The van der Waals surface area contributed by atoms with Gasteiger partial charge < -0.3 is 9.15 Å². The van der Waals surface area contributed by atoms with Crippen LogP contribution in [0.4, 0.5) is 0 Å². The van der Waals surface area contributed by atoms with Crippen molar-refractivity contribution in [3.63, 3.8) is 0 Å². The number of rotatable bonds is 4. The van der Waals surface area contributed by atoms with E-state index in [0.29, 0.717) is 18.2 Å². The summed E-state index contributed by atoms with van der Waals surface area (Å²) in [4.78, 5) is 12.3. The number of aryl methyl sites for hydroxylation is 1. The van der Waals surface area contributed by atoms with Crippen LogP contribution in [-0.2, 0) is 0 Å². The van der Waals surface area contributed by atoms with Crippen molar-refractivity contribution in [1.82, 2.24) is 15.0 Å². The van der Waals surface area contributed by atoms with E-state index in [1.807, 2.05) is 38.1 Å². The van der Waals surface area contributed by atoms with Crippen LogP contribution in [0, 0.1) is 6.92 Å². The predicted molar refractivity (Wildman–Crippen MR) is 80.6 cm³/mol. The lowest BCUT2D eigenvalue weighted by Crippen LogP contribution is -2.02. The van der Waals surface area contributed by atoms with Gasteiger partial charge in [0.2, 0.25) is 11.1 Å². The first-order valence-electron chi connectivity index (χ1n) is 6.70. The number of fused-ring (bicyclic) bond motifs is 1. The number of benzene rings is 1. The molecule has 0 unspecified atom stereocenters. The molecule has 0 fully saturated rings. The van der Waals surface area contributed by atoms with E-state index in [1.54, 1.807) is 0 Å². The second-order valence-corrected chi connectivity index (χ2v) is 5.05. The third kappa shape index (κ3) is 2.97. The van der Waals surface area contributed by atoms with Crippen LogP contribution >= 0.6 is 11.6 Å². The van der Waals surface area contributed by atoms with Crippen molar-refractivity contribution < 1.29 is 9.15 Å².